The van der Waals surface area contributed by atoms with Crippen molar-refractivity contribution in [1.29, 1.82) is 0 Å². The number of carbonyl (C=O) groups is 3. The van der Waals surface area contributed by atoms with Crippen LogP contribution < -0.4 is 5.32 Å². The molecule has 2 aliphatic heterocycles. The monoisotopic (exact) mass is 477 g/mol. The lowest BCUT2D eigenvalue weighted by molar-refractivity contribution is -0.141. The van der Waals surface area contributed by atoms with Gasteiger partial charge in [-0.1, -0.05) is 52.0 Å². The van der Waals surface area contributed by atoms with Crippen LogP contribution in [-0.4, -0.2) is 66.2 Å². The average Bonchev–Trinajstić information content (AvgIpc) is 3.19. The molecule has 33 heavy (non-hydrogen) atoms. The van der Waals surface area contributed by atoms with E-state index >= 15 is 0 Å². The van der Waals surface area contributed by atoms with E-state index in [4.69, 9.17) is 0 Å². The molecule has 0 aliphatic carbocycles. The van der Waals surface area contributed by atoms with Crippen molar-refractivity contribution in [1.82, 2.24) is 15.1 Å². The number of carbonyl (C=O) groups excluding carboxylic acids is 3. The smallest absolute Gasteiger partial charge is 0.325 e. The lowest BCUT2D eigenvalue weighted by Gasteiger charge is -2.34. The number of hydrogen-bond donors (Lipinski definition) is 1. The highest BCUT2D eigenvalue weighted by atomic mass is 32.2. The SMILES string of the molecule is CC[C@H](C)N(C(=O)CN1C(=O)N[C@](C)(c2ccc(C(C)(C)C)cc2)C1=O)[C@@H]1CCS(=O)(=O)C1. The number of benzene rings is 1. The van der Waals surface area contributed by atoms with Gasteiger partial charge in [-0.25, -0.2) is 13.2 Å². The third kappa shape index (κ3) is 4.93. The molecule has 3 atom stereocenters. The Morgan fingerprint density at radius 3 is 2.33 bits per heavy atom. The van der Waals surface area contributed by atoms with Gasteiger partial charge < -0.3 is 10.2 Å². The molecule has 2 heterocycles. The fourth-order valence-electron chi connectivity index (χ4n) is 4.56. The second-order valence-corrected chi connectivity index (χ2v) is 12.6. The topological polar surface area (TPSA) is 104 Å². The van der Waals surface area contributed by atoms with Crippen LogP contribution in [0.5, 0.6) is 0 Å². The van der Waals surface area contributed by atoms with Crippen molar-refractivity contribution in [2.45, 2.75) is 77.4 Å². The molecule has 2 saturated heterocycles. The molecule has 1 N–H and O–H groups in total. The third-order valence-corrected chi connectivity index (χ3v) is 8.60. The molecular formula is C24H35N3O5S. The fourth-order valence-corrected chi connectivity index (χ4v) is 6.27. The van der Waals surface area contributed by atoms with E-state index < -0.39 is 45.8 Å². The Morgan fingerprint density at radius 1 is 1.24 bits per heavy atom. The number of nitrogens with one attached hydrogen (secondary N) is 1. The van der Waals surface area contributed by atoms with Gasteiger partial charge in [-0.05, 0) is 43.2 Å². The van der Waals surface area contributed by atoms with E-state index in [-0.39, 0.29) is 23.0 Å². The zero-order valence-corrected chi connectivity index (χ0v) is 21.2. The molecule has 1 aromatic carbocycles. The van der Waals surface area contributed by atoms with E-state index in [0.29, 0.717) is 18.4 Å². The first kappa shape index (κ1) is 25.2. The summed E-state index contributed by atoms with van der Waals surface area (Å²) in [4.78, 5) is 41.8. The molecule has 2 aliphatic rings. The minimum Gasteiger partial charge on any atom is -0.334 e. The second kappa shape index (κ2) is 8.74. The first-order valence-electron chi connectivity index (χ1n) is 11.5. The zero-order valence-electron chi connectivity index (χ0n) is 20.3. The lowest BCUT2D eigenvalue weighted by Crippen LogP contribution is -2.51. The standard InChI is InChI=1S/C24H35N3O5S/c1-7-16(2)27(19-12-13-33(31,32)15-19)20(28)14-26-21(29)24(6,25-22(26)30)18-10-8-17(9-11-18)23(3,4)5/h8-11,16,19H,7,12-15H2,1-6H3,(H,25,30)/t16-,19+,24+/m0/s1. The van der Waals surface area contributed by atoms with E-state index in [2.05, 4.69) is 26.1 Å². The van der Waals surface area contributed by atoms with Gasteiger partial charge in [-0.3, -0.25) is 14.5 Å². The highest BCUT2D eigenvalue weighted by molar-refractivity contribution is 7.91. The van der Waals surface area contributed by atoms with Crippen LogP contribution in [-0.2, 0) is 30.4 Å². The van der Waals surface area contributed by atoms with Crippen molar-refractivity contribution in [2.24, 2.45) is 0 Å². The predicted octanol–water partition coefficient (Wildman–Crippen LogP) is 2.57. The first-order valence-corrected chi connectivity index (χ1v) is 13.3. The Labute approximate surface area is 196 Å². The largest absolute Gasteiger partial charge is 0.334 e. The number of nitrogens with zero attached hydrogens (tertiary/aromatic N) is 2. The fraction of sp³-hybridized carbons (Fsp3) is 0.625. The Kier molecular flexibility index (Phi) is 6.68. The highest BCUT2D eigenvalue weighted by Crippen LogP contribution is 2.31. The summed E-state index contributed by atoms with van der Waals surface area (Å²) in [5.41, 5.74) is 0.429. The van der Waals surface area contributed by atoms with Crippen LogP contribution in [0.15, 0.2) is 24.3 Å². The van der Waals surface area contributed by atoms with Crippen molar-refractivity contribution in [3.8, 4) is 0 Å². The van der Waals surface area contributed by atoms with Crippen LogP contribution in [0, 0.1) is 0 Å². The van der Waals surface area contributed by atoms with Crippen molar-refractivity contribution >= 4 is 27.7 Å². The van der Waals surface area contributed by atoms with E-state index in [1.165, 1.54) is 0 Å². The molecule has 0 aromatic heterocycles. The van der Waals surface area contributed by atoms with Crippen LogP contribution in [0.4, 0.5) is 4.79 Å². The molecule has 3 rings (SSSR count). The Morgan fingerprint density at radius 2 is 1.85 bits per heavy atom. The van der Waals surface area contributed by atoms with Gasteiger partial charge in [0.2, 0.25) is 5.91 Å². The highest BCUT2D eigenvalue weighted by Gasteiger charge is 2.50. The summed E-state index contributed by atoms with van der Waals surface area (Å²) >= 11 is 0. The van der Waals surface area contributed by atoms with E-state index in [1.807, 2.05) is 38.1 Å². The molecule has 0 saturated carbocycles. The molecule has 4 amide bonds. The van der Waals surface area contributed by atoms with Crippen LogP contribution in [0.3, 0.4) is 0 Å². The van der Waals surface area contributed by atoms with Gasteiger partial charge in [0.1, 0.15) is 12.1 Å². The van der Waals surface area contributed by atoms with Crippen LogP contribution in [0.1, 0.15) is 65.5 Å². The molecule has 0 bridgehead atoms. The normalized spacial score (nSPS) is 25.8. The molecule has 8 nitrogen and oxygen atoms in total. The Hall–Kier alpha value is -2.42. The van der Waals surface area contributed by atoms with Gasteiger partial charge in [0.25, 0.3) is 5.91 Å². The van der Waals surface area contributed by atoms with Gasteiger partial charge >= 0.3 is 6.03 Å². The maximum Gasteiger partial charge on any atom is 0.325 e. The number of imide groups is 1. The molecule has 2 fully saturated rings. The minimum absolute atomic E-state index is 0.0453. The van der Waals surface area contributed by atoms with Gasteiger partial charge in [-0.2, -0.15) is 0 Å². The summed E-state index contributed by atoms with van der Waals surface area (Å²) in [5, 5.41) is 2.75. The van der Waals surface area contributed by atoms with Gasteiger partial charge in [0.05, 0.1) is 11.5 Å². The van der Waals surface area contributed by atoms with Crippen LogP contribution >= 0.6 is 0 Å². The summed E-state index contributed by atoms with van der Waals surface area (Å²) in [5.74, 6) is -0.945. The van der Waals surface area contributed by atoms with Gasteiger partial charge in [-0.15, -0.1) is 0 Å². The van der Waals surface area contributed by atoms with E-state index in [0.717, 1.165) is 10.5 Å². The zero-order chi connectivity index (χ0) is 24.8. The lowest BCUT2D eigenvalue weighted by atomic mass is 9.84. The summed E-state index contributed by atoms with van der Waals surface area (Å²) in [6.45, 7) is 11.3. The van der Waals surface area contributed by atoms with Crippen molar-refractivity contribution in [2.75, 3.05) is 18.1 Å². The molecule has 0 spiro atoms. The molecule has 9 heteroatoms. The summed E-state index contributed by atoms with van der Waals surface area (Å²) in [6.07, 6.45) is 1.01. The van der Waals surface area contributed by atoms with E-state index in [1.54, 1.807) is 11.8 Å². The maximum absolute atomic E-state index is 13.3. The Bertz CT molecular complexity index is 1040. The summed E-state index contributed by atoms with van der Waals surface area (Å²) in [6, 6.07) is 6.29. The van der Waals surface area contributed by atoms with E-state index in [9.17, 15) is 22.8 Å². The predicted molar refractivity (Wildman–Crippen MR) is 126 cm³/mol. The Balaban J connectivity index is 1.81. The molecule has 1 aromatic rings. The number of sulfone groups is 1. The summed E-state index contributed by atoms with van der Waals surface area (Å²) < 4.78 is 24.0. The summed E-state index contributed by atoms with van der Waals surface area (Å²) in [7, 11) is -3.19. The number of hydrogen-bond acceptors (Lipinski definition) is 5. The van der Waals surface area contributed by atoms with Crippen LogP contribution in [0.2, 0.25) is 0 Å². The van der Waals surface area contributed by atoms with Crippen molar-refractivity contribution in [3.63, 3.8) is 0 Å². The van der Waals surface area contributed by atoms with Crippen LogP contribution in [0.25, 0.3) is 0 Å². The first-order chi connectivity index (χ1) is 15.2. The maximum atomic E-state index is 13.3. The van der Waals surface area contributed by atoms with Gasteiger partial charge in [0.15, 0.2) is 9.84 Å². The quantitative estimate of drug-likeness (QED) is 0.634. The van der Waals surface area contributed by atoms with Gasteiger partial charge in [0, 0.05) is 12.1 Å². The van der Waals surface area contributed by atoms with Crippen molar-refractivity contribution < 1.29 is 22.8 Å². The average molecular weight is 478 g/mol. The third-order valence-electron chi connectivity index (χ3n) is 6.85. The number of urea groups is 1. The molecular weight excluding hydrogens is 442 g/mol. The molecule has 182 valence electrons. The minimum atomic E-state index is -3.19. The van der Waals surface area contributed by atoms with Crippen molar-refractivity contribution in [3.05, 3.63) is 35.4 Å². The number of rotatable bonds is 6. The molecule has 0 radical (unpaired) electrons. The molecule has 0 unspecified atom stereocenters. The number of amides is 4. The second-order valence-electron chi connectivity index (χ2n) is 10.4.